The highest BCUT2D eigenvalue weighted by Gasteiger charge is 2.38. The van der Waals surface area contributed by atoms with E-state index in [4.69, 9.17) is 0 Å². The monoisotopic (exact) mass is 423 g/mol. The van der Waals surface area contributed by atoms with Crippen LogP contribution in [0, 0.1) is 5.82 Å². The summed E-state index contributed by atoms with van der Waals surface area (Å²) < 4.78 is 80.9. The number of nitrogens with zero attached hydrogens (tertiary/aromatic N) is 1. The highest BCUT2D eigenvalue weighted by molar-refractivity contribution is 7.91. The SMILES string of the molecule is O=S1(=O)C[C@@H](c2ccc(C(F)(F)F)cc2)n2c3c(c4cc(F)cc1c42)CCCC3. The molecule has 1 aromatic heterocycles. The van der Waals surface area contributed by atoms with Crippen LogP contribution in [-0.2, 0) is 28.9 Å². The van der Waals surface area contributed by atoms with Gasteiger partial charge in [0.1, 0.15) is 5.82 Å². The summed E-state index contributed by atoms with van der Waals surface area (Å²) in [6.45, 7) is 0. The Bertz CT molecular complexity index is 1240. The number of fused-ring (bicyclic) bond motifs is 3. The Morgan fingerprint density at radius 1 is 1.00 bits per heavy atom. The molecule has 1 atom stereocenters. The largest absolute Gasteiger partial charge is 0.416 e. The Morgan fingerprint density at radius 3 is 2.38 bits per heavy atom. The van der Waals surface area contributed by atoms with Crippen LogP contribution in [0.3, 0.4) is 0 Å². The minimum Gasteiger partial charge on any atom is -0.335 e. The summed E-state index contributed by atoms with van der Waals surface area (Å²) in [4.78, 5) is -0.0231. The molecule has 29 heavy (non-hydrogen) atoms. The van der Waals surface area contributed by atoms with Crippen molar-refractivity contribution in [2.75, 3.05) is 5.75 Å². The molecular formula is C21H17F4NO2S. The average molecular weight is 423 g/mol. The summed E-state index contributed by atoms with van der Waals surface area (Å²) in [7, 11) is -3.79. The molecule has 0 bridgehead atoms. The van der Waals surface area contributed by atoms with Gasteiger partial charge in [-0.3, -0.25) is 0 Å². The first-order valence-electron chi connectivity index (χ1n) is 9.42. The van der Waals surface area contributed by atoms with E-state index < -0.39 is 33.4 Å². The molecule has 2 aliphatic rings. The molecule has 0 unspecified atom stereocenters. The van der Waals surface area contributed by atoms with E-state index in [1.54, 1.807) is 0 Å². The Kier molecular flexibility index (Phi) is 3.91. The first kappa shape index (κ1) is 18.7. The molecule has 2 aromatic carbocycles. The first-order chi connectivity index (χ1) is 13.7. The Balaban J connectivity index is 1.78. The van der Waals surface area contributed by atoms with Gasteiger partial charge in [0.2, 0.25) is 0 Å². The van der Waals surface area contributed by atoms with Gasteiger partial charge in [-0.1, -0.05) is 12.1 Å². The van der Waals surface area contributed by atoms with Gasteiger partial charge in [0.25, 0.3) is 0 Å². The van der Waals surface area contributed by atoms with E-state index in [1.165, 1.54) is 18.2 Å². The Hall–Kier alpha value is -2.35. The zero-order chi connectivity index (χ0) is 20.6. The lowest BCUT2D eigenvalue weighted by Crippen LogP contribution is -2.28. The minimum atomic E-state index is -4.46. The fourth-order valence-electron chi connectivity index (χ4n) is 4.73. The maximum absolute atomic E-state index is 14.2. The molecule has 3 aromatic rings. The van der Waals surface area contributed by atoms with Crippen molar-refractivity contribution in [1.29, 1.82) is 0 Å². The first-order valence-corrected chi connectivity index (χ1v) is 11.1. The number of rotatable bonds is 1. The van der Waals surface area contributed by atoms with Crippen LogP contribution < -0.4 is 0 Å². The van der Waals surface area contributed by atoms with Crippen LogP contribution in [-0.4, -0.2) is 18.7 Å². The molecule has 1 aliphatic carbocycles. The van der Waals surface area contributed by atoms with Gasteiger partial charge < -0.3 is 4.57 Å². The number of halogens is 4. The number of sulfone groups is 1. The maximum atomic E-state index is 14.2. The molecule has 0 N–H and O–H groups in total. The zero-order valence-electron chi connectivity index (χ0n) is 15.3. The van der Waals surface area contributed by atoms with Crippen molar-refractivity contribution in [2.45, 2.75) is 42.8 Å². The topological polar surface area (TPSA) is 39.1 Å². The minimum absolute atomic E-state index is 0.0231. The molecule has 0 amide bonds. The van der Waals surface area contributed by atoms with Crippen molar-refractivity contribution in [3.05, 3.63) is 64.6 Å². The van der Waals surface area contributed by atoms with Gasteiger partial charge in [-0.15, -0.1) is 0 Å². The van der Waals surface area contributed by atoms with Crippen molar-refractivity contribution in [1.82, 2.24) is 4.57 Å². The van der Waals surface area contributed by atoms with Crippen molar-refractivity contribution in [2.24, 2.45) is 0 Å². The quantitative estimate of drug-likeness (QED) is 0.514. The van der Waals surface area contributed by atoms with Crippen molar-refractivity contribution < 1.29 is 26.0 Å². The predicted octanol–water partition coefficient (Wildman–Crippen LogP) is 5.05. The highest BCUT2D eigenvalue weighted by Crippen LogP contribution is 2.44. The molecule has 2 heterocycles. The molecule has 0 radical (unpaired) electrons. The molecule has 8 heteroatoms. The maximum Gasteiger partial charge on any atom is 0.416 e. The summed E-state index contributed by atoms with van der Waals surface area (Å²) in [6, 6.07) is 6.46. The Labute approximate surface area is 164 Å². The predicted molar refractivity (Wildman–Crippen MR) is 100 cm³/mol. The van der Waals surface area contributed by atoms with Crippen LogP contribution in [0.1, 0.15) is 41.3 Å². The lowest BCUT2D eigenvalue weighted by Gasteiger charge is -2.29. The summed E-state index contributed by atoms with van der Waals surface area (Å²) in [5, 5.41) is 0.606. The lowest BCUT2D eigenvalue weighted by atomic mass is 9.95. The number of aromatic nitrogens is 1. The van der Waals surface area contributed by atoms with Gasteiger partial charge in [0, 0.05) is 11.1 Å². The molecule has 0 spiro atoms. The van der Waals surface area contributed by atoms with Crippen LogP contribution >= 0.6 is 0 Å². The molecule has 0 saturated carbocycles. The third kappa shape index (κ3) is 2.79. The van der Waals surface area contributed by atoms with Crippen LogP contribution in [0.15, 0.2) is 41.3 Å². The van der Waals surface area contributed by atoms with Gasteiger partial charge in [-0.25, -0.2) is 12.8 Å². The number of aryl methyl sites for hydroxylation is 1. The molecular weight excluding hydrogens is 406 g/mol. The van der Waals surface area contributed by atoms with Gasteiger partial charge in [0.15, 0.2) is 9.84 Å². The second kappa shape index (κ2) is 6.08. The number of alkyl halides is 3. The van der Waals surface area contributed by atoms with Gasteiger partial charge in [0.05, 0.1) is 27.8 Å². The van der Waals surface area contributed by atoms with Crippen LogP contribution in [0.25, 0.3) is 10.9 Å². The third-order valence-electron chi connectivity index (χ3n) is 5.98. The lowest BCUT2D eigenvalue weighted by molar-refractivity contribution is -0.137. The van der Waals surface area contributed by atoms with E-state index in [0.29, 0.717) is 16.5 Å². The van der Waals surface area contributed by atoms with Gasteiger partial charge in [-0.2, -0.15) is 13.2 Å². The summed E-state index contributed by atoms with van der Waals surface area (Å²) >= 11 is 0. The number of hydrogen-bond acceptors (Lipinski definition) is 2. The third-order valence-corrected chi connectivity index (χ3v) is 7.72. The second-order valence-corrected chi connectivity index (χ2v) is 9.72. The average Bonchev–Trinajstić information content (AvgIpc) is 2.99. The summed E-state index contributed by atoms with van der Waals surface area (Å²) in [5.74, 6) is -0.889. The summed E-state index contributed by atoms with van der Waals surface area (Å²) in [6.07, 6.45) is -1.10. The molecule has 3 nitrogen and oxygen atoms in total. The van der Waals surface area contributed by atoms with Crippen molar-refractivity contribution in [3.63, 3.8) is 0 Å². The smallest absolute Gasteiger partial charge is 0.335 e. The summed E-state index contributed by atoms with van der Waals surface area (Å²) in [5.41, 5.74) is 2.14. The van der Waals surface area contributed by atoms with Crippen LogP contribution in [0.2, 0.25) is 0 Å². The van der Waals surface area contributed by atoms with Crippen molar-refractivity contribution >= 4 is 20.7 Å². The number of benzene rings is 2. The normalized spacial score (nSPS) is 20.6. The van der Waals surface area contributed by atoms with E-state index in [9.17, 15) is 26.0 Å². The zero-order valence-corrected chi connectivity index (χ0v) is 16.1. The Morgan fingerprint density at radius 2 is 1.69 bits per heavy atom. The fourth-order valence-corrected chi connectivity index (χ4v) is 6.46. The standard InChI is InChI=1S/C21H17F4NO2S/c22-14-9-16-15-3-1-2-4-17(15)26-18(11-29(27,28)19(10-14)20(16)26)12-5-7-13(8-6-12)21(23,24)25/h5-10,18H,1-4,11H2/t18-/m0/s1. The molecule has 1 aliphatic heterocycles. The van der Waals surface area contributed by atoms with Gasteiger partial charge >= 0.3 is 6.18 Å². The van der Waals surface area contributed by atoms with Crippen molar-refractivity contribution in [3.8, 4) is 0 Å². The molecule has 0 saturated heterocycles. The van der Waals surface area contributed by atoms with E-state index in [2.05, 4.69) is 0 Å². The molecule has 0 fully saturated rings. The highest BCUT2D eigenvalue weighted by atomic mass is 32.2. The van der Waals surface area contributed by atoms with E-state index in [0.717, 1.165) is 55.1 Å². The molecule has 152 valence electrons. The number of hydrogen-bond donors (Lipinski definition) is 0. The van der Waals surface area contributed by atoms with Crippen LogP contribution in [0.4, 0.5) is 17.6 Å². The van der Waals surface area contributed by atoms with E-state index in [1.807, 2.05) is 4.57 Å². The van der Waals surface area contributed by atoms with Crippen LogP contribution in [0.5, 0.6) is 0 Å². The molecule has 5 rings (SSSR count). The second-order valence-electron chi connectivity index (χ2n) is 7.72. The van der Waals surface area contributed by atoms with Gasteiger partial charge in [-0.05, 0) is 61.1 Å². The fraction of sp³-hybridized carbons (Fsp3) is 0.333. The van der Waals surface area contributed by atoms with E-state index in [-0.39, 0.29) is 10.6 Å². The van der Waals surface area contributed by atoms with E-state index >= 15 is 0 Å².